The number of hydrogen-bond acceptors (Lipinski definition) is 5. The number of carboxylic acid groups (broad SMARTS) is 1. The average molecular weight is 481 g/mol. The third kappa shape index (κ3) is 5.48. The molecule has 0 aromatic heterocycles. The minimum absolute atomic E-state index is 0.0641. The predicted molar refractivity (Wildman–Crippen MR) is 130 cm³/mol. The molecule has 0 radical (unpaired) electrons. The number of alkyl carbamates (subject to hydrolysis) is 1. The predicted octanol–water partition coefficient (Wildman–Crippen LogP) is 3.55. The molecule has 1 heterocycles. The van der Waals surface area contributed by atoms with Crippen LogP contribution in [0.2, 0.25) is 0 Å². The number of fused-ring (bicyclic) bond motifs is 3. The Balaban J connectivity index is 1.34. The summed E-state index contributed by atoms with van der Waals surface area (Å²) in [5.41, 5.74) is 4.53. The summed E-state index contributed by atoms with van der Waals surface area (Å²) in [6.45, 7) is 4.34. The molecule has 1 fully saturated rings. The number of carbonyl (C=O) groups excluding carboxylic acids is 2. The van der Waals surface area contributed by atoms with Crippen molar-refractivity contribution < 1.29 is 29.0 Å². The van der Waals surface area contributed by atoms with Crippen molar-refractivity contribution in [3.8, 4) is 11.1 Å². The highest BCUT2D eigenvalue weighted by atomic mass is 16.5. The number of carbonyl (C=O) groups is 3. The Morgan fingerprint density at radius 3 is 2.29 bits per heavy atom. The fourth-order valence-corrected chi connectivity index (χ4v) is 4.81. The van der Waals surface area contributed by atoms with Gasteiger partial charge in [-0.2, -0.15) is 0 Å². The maximum Gasteiger partial charge on any atom is 0.407 e. The van der Waals surface area contributed by atoms with E-state index in [1.807, 2.05) is 38.1 Å². The molecule has 1 saturated heterocycles. The van der Waals surface area contributed by atoms with Gasteiger partial charge in [-0.3, -0.25) is 9.59 Å². The Hall–Kier alpha value is -3.39. The maximum atomic E-state index is 12.9. The number of amides is 2. The summed E-state index contributed by atoms with van der Waals surface area (Å²) >= 11 is 0. The number of benzene rings is 2. The molecule has 186 valence electrons. The molecule has 0 spiro atoms. The Labute approximate surface area is 205 Å². The largest absolute Gasteiger partial charge is 0.481 e. The van der Waals surface area contributed by atoms with Crippen molar-refractivity contribution in [1.82, 2.24) is 10.6 Å². The van der Waals surface area contributed by atoms with Gasteiger partial charge in [-0.15, -0.1) is 0 Å². The summed E-state index contributed by atoms with van der Waals surface area (Å²) < 4.78 is 11.1. The molecule has 1 aliphatic carbocycles. The van der Waals surface area contributed by atoms with Gasteiger partial charge in [0.25, 0.3) is 0 Å². The van der Waals surface area contributed by atoms with E-state index in [1.54, 1.807) is 0 Å². The summed E-state index contributed by atoms with van der Waals surface area (Å²) in [7, 11) is 0. The first-order valence-electron chi connectivity index (χ1n) is 12.1. The van der Waals surface area contributed by atoms with Crippen molar-refractivity contribution in [2.45, 2.75) is 44.8 Å². The molecular weight excluding hydrogens is 448 g/mol. The van der Waals surface area contributed by atoms with Gasteiger partial charge in [0.15, 0.2) is 0 Å². The van der Waals surface area contributed by atoms with Gasteiger partial charge in [-0.25, -0.2) is 4.79 Å². The van der Waals surface area contributed by atoms with Crippen LogP contribution in [0.3, 0.4) is 0 Å². The summed E-state index contributed by atoms with van der Waals surface area (Å²) in [5, 5.41) is 14.6. The molecule has 2 amide bonds. The molecule has 4 atom stereocenters. The average Bonchev–Trinajstić information content (AvgIpc) is 3.47. The fraction of sp³-hybridized carbons (Fsp3) is 0.444. The highest BCUT2D eigenvalue weighted by Gasteiger charge is 2.33. The van der Waals surface area contributed by atoms with Crippen molar-refractivity contribution in [1.29, 1.82) is 0 Å². The van der Waals surface area contributed by atoms with E-state index in [2.05, 4.69) is 34.9 Å². The number of aliphatic carboxylic acids is 1. The quantitative estimate of drug-likeness (QED) is 0.506. The van der Waals surface area contributed by atoms with Gasteiger partial charge in [0.05, 0.1) is 18.6 Å². The first-order valence-corrected chi connectivity index (χ1v) is 12.1. The van der Waals surface area contributed by atoms with Crippen LogP contribution in [0.5, 0.6) is 0 Å². The van der Waals surface area contributed by atoms with Crippen LogP contribution >= 0.6 is 0 Å². The third-order valence-corrected chi connectivity index (χ3v) is 7.05. The lowest BCUT2D eigenvalue weighted by Crippen LogP contribution is -2.51. The maximum absolute atomic E-state index is 12.9. The van der Waals surface area contributed by atoms with Crippen LogP contribution in [-0.4, -0.2) is 55.0 Å². The van der Waals surface area contributed by atoms with Crippen LogP contribution in [0.25, 0.3) is 11.1 Å². The van der Waals surface area contributed by atoms with Gasteiger partial charge < -0.3 is 25.2 Å². The lowest BCUT2D eigenvalue weighted by atomic mass is 9.98. The van der Waals surface area contributed by atoms with E-state index in [0.29, 0.717) is 12.8 Å². The van der Waals surface area contributed by atoms with E-state index in [4.69, 9.17) is 14.6 Å². The van der Waals surface area contributed by atoms with E-state index in [-0.39, 0.29) is 43.6 Å². The van der Waals surface area contributed by atoms with Crippen molar-refractivity contribution in [3.05, 3.63) is 59.7 Å². The minimum atomic E-state index is -0.895. The van der Waals surface area contributed by atoms with Crippen molar-refractivity contribution in [2.24, 2.45) is 11.8 Å². The van der Waals surface area contributed by atoms with Crippen molar-refractivity contribution >= 4 is 18.0 Å². The lowest BCUT2D eigenvalue weighted by Gasteiger charge is -2.24. The molecule has 0 saturated carbocycles. The number of rotatable bonds is 9. The van der Waals surface area contributed by atoms with E-state index in [1.165, 1.54) is 0 Å². The second-order valence-corrected chi connectivity index (χ2v) is 9.30. The fourth-order valence-electron chi connectivity index (χ4n) is 4.81. The molecule has 2 aromatic rings. The Morgan fingerprint density at radius 2 is 1.71 bits per heavy atom. The van der Waals surface area contributed by atoms with Gasteiger partial charge in [0.1, 0.15) is 12.6 Å². The van der Waals surface area contributed by atoms with Crippen LogP contribution in [0.15, 0.2) is 48.5 Å². The zero-order valence-electron chi connectivity index (χ0n) is 20.0. The van der Waals surface area contributed by atoms with Crippen LogP contribution < -0.4 is 10.6 Å². The summed E-state index contributed by atoms with van der Waals surface area (Å²) in [4.78, 5) is 36.7. The molecule has 4 rings (SSSR count). The molecule has 0 bridgehead atoms. The lowest BCUT2D eigenvalue weighted by molar-refractivity contribution is -0.141. The highest BCUT2D eigenvalue weighted by Crippen LogP contribution is 2.44. The van der Waals surface area contributed by atoms with Crippen LogP contribution in [0, 0.1) is 11.8 Å². The Morgan fingerprint density at radius 1 is 1.09 bits per heavy atom. The zero-order valence-corrected chi connectivity index (χ0v) is 20.0. The van der Waals surface area contributed by atoms with Crippen molar-refractivity contribution in [3.63, 3.8) is 0 Å². The normalized spacial score (nSPS) is 20.4. The van der Waals surface area contributed by atoms with Crippen molar-refractivity contribution in [2.75, 3.05) is 19.8 Å². The first kappa shape index (κ1) is 24.7. The van der Waals surface area contributed by atoms with E-state index < -0.39 is 24.0 Å². The Bertz CT molecular complexity index is 1040. The first-order chi connectivity index (χ1) is 16.9. The summed E-state index contributed by atoms with van der Waals surface area (Å²) in [6, 6.07) is 15.4. The van der Waals surface area contributed by atoms with E-state index in [9.17, 15) is 14.4 Å². The molecular formula is C27H32N2O6. The van der Waals surface area contributed by atoms with Gasteiger partial charge >= 0.3 is 12.1 Å². The smallest absolute Gasteiger partial charge is 0.407 e. The molecule has 2 aromatic carbocycles. The monoisotopic (exact) mass is 480 g/mol. The van der Waals surface area contributed by atoms with Crippen LogP contribution in [-0.2, 0) is 19.1 Å². The molecule has 2 unspecified atom stereocenters. The number of nitrogens with one attached hydrogen (secondary N) is 2. The van der Waals surface area contributed by atoms with Gasteiger partial charge in [0.2, 0.25) is 5.91 Å². The van der Waals surface area contributed by atoms with E-state index >= 15 is 0 Å². The van der Waals surface area contributed by atoms with Crippen LogP contribution in [0.1, 0.15) is 43.7 Å². The highest BCUT2D eigenvalue weighted by molar-refractivity contribution is 5.86. The molecule has 8 nitrogen and oxygen atoms in total. The SMILES string of the molecule is CC[C@H](C)[C@H](NC(=O)OCC1c2ccccc2-c2ccccc21)C(=O)NCC1CC(C(=O)O)CO1. The topological polar surface area (TPSA) is 114 Å². The minimum Gasteiger partial charge on any atom is -0.481 e. The van der Waals surface area contributed by atoms with Gasteiger partial charge in [-0.05, 0) is 34.6 Å². The number of ether oxygens (including phenoxy) is 2. The summed E-state index contributed by atoms with van der Waals surface area (Å²) in [6.07, 6.45) is 0.0362. The zero-order chi connectivity index (χ0) is 24.9. The number of hydrogen-bond donors (Lipinski definition) is 3. The van der Waals surface area contributed by atoms with Crippen LogP contribution in [0.4, 0.5) is 4.79 Å². The van der Waals surface area contributed by atoms with Gasteiger partial charge in [0, 0.05) is 12.5 Å². The molecule has 35 heavy (non-hydrogen) atoms. The van der Waals surface area contributed by atoms with Gasteiger partial charge in [-0.1, -0.05) is 68.8 Å². The molecule has 2 aliphatic rings. The molecule has 3 N–H and O–H groups in total. The second kappa shape index (κ2) is 10.9. The summed E-state index contributed by atoms with van der Waals surface area (Å²) in [5.74, 6) is -1.97. The molecule has 8 heteroatoms. The Kier molecular flexibility index (Phi) is 7.70. The second-order valence-electron chi connectivity index (χ2n) is 9.30. The number of carboxylic acids is 1. The van der Waals surface area contributed by atoms with E-state index in [0.717, 1.165) is 22.3 Å². The standard InChI is InChI=1S/C27H32N2O6/c1-3-16(2)24(25(30)28-13-18-12-17(14-34-18)26(31)32)29-27(33)35-15-23-21-10-6-4-8-19(21)20-9-5-7-11-22(20)23/h4-11,16-18,23-24H,3,12-15H2,1-2H3,(H,28,30)(H,29,33)(H,31,32)/t16-,17?,18?,24-/m0/s1. The molecule has 1 aliphatic heterocycles. The third-order valence-electron chi connectivity index (χ3n) is 7.05.